The highest BCUT2D eigenvalue weighted by molar-refractivity contribution is 9.11. The van der Waals surface area contributed by atoms with Crippen molar-refractivity contribution in [3.8, 4) is 5.75 Å². The van der Waals surface area contributed by atoms with Gasteiger partial charge in [-0.15, -0.1) is 5.10 Å². The number of halogens is 2. The summed E-state index contributed by atoms with van der Waals surface area (Å²) in [5.74, 6) is 0.0210. The monoisotopic (exact) mass is 573 g/mol. The van der Waals surface area contributed by atoms with Gasteiger partial charge in [-0.25, -0.2) is 0 Å². The van der Waals surface area contributed by atoms with Crippen LogP contribution in [0.25, 0.3) is 0 Å². The third-order valence-corrected chi connectivity index (χ3v) is 7.98. The Kier molecular flexibility index (Phi) is 7.38. The van der Waals surface area contributed by atoms with Gasteiger partial charge in [0.25, 0.3) is 0 Å². The number of benzene rings is 2. The van der Waals surface area contributed by atoms with Crippen LogP contribution < -0.4 is 9.50 Å². The van der Waals surface area contributed by atoms with Gasteiger partial charge in [0, 0.05) is 14.5 Å². The molecule has 0 aromatic heterocycles. The van der Waals surface area contributed by atoms with Crippen LogP contribution >= 0.6 is 43.6 Å². The minimum Gasteiger partial charge on any atom is -0.378 e. The number of aryl methyl sites for hydroxylation is 1. The van der Waals surface area contributed by atoms with Gasteiger partial charge in [-0.3, -0.25) is 4.79 Å². The van der Waals surface area contributed by atoms with Crippen molar-refractivity contribution in [1.29, 1.82) is 0 Å². The van der Waals surface area contributed by atoms with E-state index in [0.717, 1.165) is 5.56 Å². The van der Waals surface area contributed by atoms with Gasteiger partial charge in [0.15, 0.2) is 10.9 Å². The van der Waals surface area contributed by atoms with Gasteiger partial charge in [-0.05, 0) is 59.6 Å². The molecule has 1 atom stereocenters. The van der Waals surface area contributed by atoms with E-state index in [1.54, 1.807) is 30.3 Å². The molecule has 1 heterocycles. The van der Waals surface area contributed by atoms with E-state index in [1.807, 2.05) is 13.8 Å². The van der Waals surface area contributed by atoms with E-state index < -0.39 is 10.1 Å². The molecule has 1 N–H and O–H groups in total. The van der Waals surface area contributed by atoms with Gasteiger partial charge in [0.1, 0.15) is 4.90 Å². The fourth-order valence-corrected chi connectivity index (χ4v) is 5.81. The number of amidine groups is 1. The van der Waals surface area contributed by atoms with Crippen LogP contribution in [0, 0.1) is 6.92 Å². The molecule has 0 spiro atoms. The predicted molar refractivity (Wildman–Crippen MR) is 126 cm³/mol. The maximum absolute atomic E-state index is 12.8. The van der Waals surface area contributed by atoms with E-state index >= 15 is 0 Å². The summed E-state index contributed by atoms with van der Waals surface area (Å²) >= 11 is 7.82. The van der Waals surface area contributed by atoms with E-state index in [2.05, 4.69) is 47.4 Å². The fraction of sp³-hybridized carbons (Fsp3) is 0.211. The third kappa shape index (κ3) is 5.51. The number of carbonyl (C=O) groups is 1. The molecule has 1 saturated heterocycles. The van der Waals surface area contributed by atoms with Crippen molar-refractivity contribution in [3.63, 3.8) is 0 Å². The van der Waals surface area contributed by atoms with Crippen LogP contribution in [0.3, 0.4) is 0 Å². The van der Waals surface area contributed by atoms with Crippen molar-refractivity contribution < 1.29 is 17.4 Å². The number of nitrogens with zero attached hydrogens (tertiary/aromatic N) is 2. The first-order chi connectivity index (χ1) is 14.2. The lowest BCUT2D eigenvalue weighted by atomic mass is 10.1. The summed E-state index contributed by atoms with van der Waals surface area (Å²) in [7, 11) is -4.10. The lowest BCUT2D eigenvalue weighted by molar-refractivity contribution is -0.118. The summed E-state index contributed by atoms with van der Waals surface area (Å²) in [4.78, 5) is 11.7. The number of rotatable bonds is 6. The maximum atomic E-state index is 12.8. The van der Waals surface area contributed by atoms with Crippen LogP contribution in [0.4, 0.5) is 0 Å². The SMILES string of the molecule is CCC1S/C(=N/N=C/c2cc(C)ccc2OS(=O)(=O)c2cc(Br)ccc2Br)NC1=O. The first-order valence-electron chi connectivity index (χ1n) is 8.78. The van der Waals surface area contributed by atoms with Crippen molar-refractivity contribution in [2.75, 3.05) is 0 Å². The lowest BCUT2D eigenvalue weighted by Crippen LogP contribution is -2.24. The minimum atomic E-state index is -4.10. The van der Waals surface area contributed by atoms with Gasteiger partial charge in [-0.1, -0.05) is 46.2 Å². The maximum Gasteiger partial charge on any atom is 0.340 e. The Labute approximate surface area is 195 Å². The Hall–Kier alpha value is -1.69. The third-order valence-electron chi connectivity index (χ3n) is 4.02. The normalized spacial score (nSPS) is 18.2. The van der Waals surface area contributed by atoms with Crippen LogP contribution in [0.15, 0.2) is 60.4 Å². The first-order valence-corrected chi connectivity index (χ1v) is 12.7. The molecule has 1 fully saturated rings. The molecule has 11 heteroatoms. The number of thioether (sulfide) groups is 1. The highest BCUT2D eigenvalue weighted by Gasteiger charge is 2.28. The van der Waals surface area contributed by atoms with Crippen LogP contribution in [-0.4, -0.2) is 31.0 Å². The van der Waals surface area contributed by atoms with Crippen molar-refractivity contribution in [2.45, 2.75) is 30.4 Å². The van der Waals surface area contributed by atoms with E-state index in [9.17, 15) is 13.2 Å². The van der Waals surface area contributed by atoms with Gasteiger partial charge in [0.05, 0.1) is 11.5 Å². The Morgan fingerprint density at radius 2 is 2.00 bits per heavy atom. The fourth-order valence-electron chi connectivity index (χ4n) is 2.54. The average molecular weight is 575 g/mol. The van der Waals surface area contributed by atoms with Crippen molar-refractivity contribution in [1.82, 2.24) is 5.32 Å². The Morgan fingerprint density at radius 3 is 2.70 bits per heavy atom. The van der Waals surface area contributed by atoms with Crippen molar-refractivity contribution in [3.05, 3.63) is 56.5 Å². The molecule has 1 unspecified atom stereocenters. The Bertz CT molecular complexity index is 1150. The number of amides is 1. The number of nitrogens with one attached hydrogen (secondary N) is 1. The zero-order chi connectivity index (χ0) is 21.9. The van der Waals surface area contributed by atoms with Gasteiger partial charge in [-0.2, -0.15) is 13.5 Å². The summed E-state index contributed by atoms with van der Waals surface area (Å²) in [5.41, 5.74) is 1.34. The topological polar surface area (TPSA) is 97.2 Å². The summed E-state index contributed by atoms with van der Waals surface area (Å²) < 4.78 is 32.0. The molecule has 1 aliphatic rings. The number of carbonyl (C=O) groups excluding carboxylic acids is 1. The molecule has 2 aromatic rings. The molecule has 7 nitrogen and oxygen atoms in total. The van der Waals surface area contributed by atoms with E-state index in [4.69, 9.17) is 4.18 Å². The lowest BCUT2D eigenvalue weighted by Gasteiger charge is -2.11. The van der Waals surface area contributed by atoms with E-state index in [1.165, 1.54) is 24.0 Å². The molecule has 0 aliphatic carbocycles. The number of hydrogen-bond donors (Lipinski definition) is 1. The second-order valence-electron chi connectivity index (χ2n) is 6.31. The standard InChI is InChI=1S/C19H17Br2N3O4S2/c1-3-16-18(25)23-19(29-16)24-22-10-12-8-11(2)4-7-15(12)28-30(26,27)17-9-13(20)5-6-14(17)21/h4-10,16H,3H2,1-2H3,(H,23,24,25)/b22-10+. The van der Waals surface area contributed by atoms with Crippen LogP contribution in [-0.2, 0) is 14.9 Å². The highest BCUT2D eigenvalue weighted by Crippen LogP contribution is 2.30. The second-order valence-corrected chi connectivity index (χ2v) is 10.8. The van der Waals surface area contributed by atoms with Crippen LogP contribution in [0.2, 0.25) is 0 Å². The zero-order valence-electron chi connectivity index (χ0n) is 15.9. The second kappa shape index (κ2) is 9.63. The smallest absolute Gasteiger partial charge is 0.340 e. The first kappa shape index (κ1) is 23.0. The minimum absolute atomic E-state index is 0.00347. The molecule has 3 rings (SSSR count). The zero-order valence-corrected chi connectivity index (χ0v) is 20.7. The summed E-state index contributed by atoms with van der Waals surface area (Å²) in [5, 5.41) is 10.9. The van der Waals surface area contributed by atoms with Gasteiger partial charge in [0.2, 0.25) is 5.91 Å². The summed E-state index contributed by atoms with van der Waals surface area (Å²) in [6.45, 7) is 3.79. The molecule has 1 amide bonds. The molecule has 1 aliphatic heterocycles. The van der Waals surface area contributed by atoms with Crippen molar-refractivity contribution in [2.24, 2.45) is 10.2 Å². The molecular formula is C19H17Br2N3O4S2. The predicted octanol–water partition coefficient (Wildman–Crippen LogP) is 4.62. The largest absolute Gasteiger partial charge is 0.378 e. The molecule has 158 valence electrons. The summed E-state index contributed by atoms with van der Waals surface area (Å²) in [6, 6.07) is 9.83. The molecule has 0 saturated carbocycles. The van der Waals surface area contributed by atoms with Gasteiger partial charge >= 0.3 is 10.1 Å². The molecule has 0 bridgehead atoms. The Balaban J connectivity index is 1.87. The number of hydrogen-bond acceptors (Lipinski definition) is 7. The van der Waals surface area contributed by atoms with E-state index in [0.29, 0.717) is 26.1 Å². The van der Waals surface area contributed by atoms with Crippen LogP contribution in [0.1, 0.15) is 24.5 Å². The Morgan fingerprint density at radius 1 is 1.23 bits per heavy atom. The van der Waals surface area contributed by atoms with Gasteiger partial charge < -0.3 is 9.50 Å². The average Bonchev–Trinajstić information content (AvgIpc) is 3.05. The molecule has 0 radical (unpaired) electrons. The van der Waals surface area contributed by atoms with E-state index in [-0.39, 0.29) is 21.8 Å². The van der Waals surface area contributed by atoms with Crippen molar-refractivity contribution >= 4 is 71.0 Å². The highest BCUT2D eigenvalue weighted by atomic mass is 79.9. The summed E-state index contributed by atoms with van der Waals surface area (Å²) in [6.07, 6.45) is 2.09. The van der Waals surface area contributed by atoms with Crippen LogP contribution in [0.5, 0.6) is 5.75 Å². The molecular weight excluding hydrogens is 558 g/mol. The molecule has 30 heavy (non-hydrogen) atoms. The quantitative estimate of drug-likeness (QED) is 0.308. The molecule has 2 aromatic carbocycles.